The Bertz CT molecular complexity index is 162. The minimum atomic E-state index is -0.478. The molecule has 0 aromatic carbocycles. The molecule has 1 atom stereocenters. The van der Waals surface area contributed by atoms with Crippen LogP contribution in [0.4, 0.5) is 4.79 Å². The zero-order valence-corrected chi connectivity index (χ0v) is 6.74. The summed E-state index contributed by atoms with van der Waals surface area (Å²) in [6, 6.07) is -0.177. The molecule has 0 bridgehead atoms. The molecular formula is C6H13N3O2. The smallest absolute Gasteiger partial charge is 0.331 e. The van der Waals surface area contributed by atoms with E-state index in [0.717, 1.165) is 0 Å². The number of amides is 2. The molecule has 64 valence electrons. The van der Waals surface area contributed by atoms with Gasteiger partial charge in [-0.3, -0.25) is 5.01 Å². The minimum Gasteiger partial charge on any atom is -0.390 e. The number of rotatable bonds is 0. The minimum absolute atomic E-state index is 0.177. The predicted octanol–water partition coefficient (Wildman–Crippen LogP) is -1.15. The van der Waals surface area contributed by atoms with Crippen molar-refractivity contribution >= 4 is 6.03 Å². The molecule has 1 aliphatic heterocycles. The van der Waals surface area contributed by atoms with E-state index >= 15 is 0 Å². The van der Waals surface area contributed by atoms with E-state index in [0.29, 0.717) is 13.1 Å². The van der Waals surface area contributed by atoms with Crippen LogP contribution in [0.2, 0.25) is 0 Å². The van der Waals surface area contributed by atoms with Crippen molar-refractivity contribution in [3.8, 4) is 0 Å². The fraction of sp³-hybridized carbons (Fsp3) is 0.833. The number of nitrogens with zero attached hydrogens (tertiary/aromatic N) is 2. The summed E-state index contributed by atoms with van der Waals surface area (Å²) >= 11 is 0. The van der Waals surface area contributed by atoms with E-state index in [1.54, 1.807) is 19.1 Å². The molecule has 11 heavy (non-hydrogen) atoms. The lowest BCUT2D eigenvalue weighted by Crippen LogP contribution is -2.43. The molecule has 5 heteroatoms. The van der Waals surface area contributed by atoms with Crippen molar-refractivity contribution in [1.82, 2.24) is 15.3 Å². The molecule has 1 unspecified atom stereocenters. The van der Waals surface area contributed by atoms with Crippen molar-refractivity contribution < 1.29 is 9.90 Å². The number of aliphatic hydroxyl groups is 1. The summed E-state index contributed by atoms with van der Waals surface area (Å²) in [4.78, 5) is 11.0. The summed E-state index contributed by atoms with van der Waals surface area (Å²) < 4.78 is 0. The first-order valence-electron chi connectivity index (χ1n) is 3.52. The summed E-state index contributed by atoms with van der Waals surface area (Å²) in [6.45, 7) is 0.808. The average molecular weight is 159 g/mol. The van der Waals surface area contributed by atoms with Crippen molar-refractivity contribution in [2.24, 2.45) is 0 Å². The number of aliphatic hydroxyl groups excluding tert-OH is 1. The Morgan fingerprint density at radius 3 is 2.91 bits per heavy atom. The average Bonchev–Trinajstić information content (AvgIpc) is 2.05. The number of carbonyl (C=O) groups excluding carboxylic acids is 1. The second-order valence-electron chi connectivity index (χ2n) is 2.70. The van der Waals surface area contributed by atoms with Gasteiger partial charge >= 0.3 is 6.03 Å². The van der Waals surface area contributed by atoms with Crippen molar-refractivity contribution in [2.75, 3.05) is 27.2 Å². The van der Waals surface area contributed by atoms with Gasteiger partial charge in [-0.2, -0.15) is 0 Å². The lowest BCUT2D eigenvalue weighted by Gasteiger charge is -2.25. The third kappa shape index (κ3) is 1.81. The molecule has 1 fully saturated rings. The third-order valence-corrected chi connectivity index (χ3v) is 1.77. The Balaban J connectivity index is 2.61. The van der Waals surface area contributed by atoms with Gasteiger partial charge in [-0.1, -0.05) is 0 Å². The van der Waals surface area contributed by atoms with Crippen molar-refractivity contribution in [3.63, 3.8) is 0 Å². The van der Waals surface area contributed by atoms with Gasteiger partial charge in [0, 0.05) is 27.2 Å². The summed E-state index contributed by atoms with van der Waals surface area (Å²) in [5, 5.41) is 14.9. The van der Waals surface area contributed by atoms with Crippen molar-refractivity contribution in [1.29, 1.82) is 0 Å². The number of carbonyl (C=O) groups is 1. The molecule has 1 saturated heterocycles. The number of β-amino-alcohol motifs (C(OH)–C–C–N with tert-alkyl or cyclic N) is 1. The zero-order chi connectivity index (χ0) is 8.43. The standard InChI is InChI=1S/C6H13N3O2/c1-8-4-5(10)3-7-6(11)9(8)2/h5,10H,3-4H2,1-2H3,(H,7,11). The number of nitrogens with one attached hydrogen (secondary N) is 1. The van der Waals surface area contributed by atoms with Crippen molar-refractivity contribution in [2.45, 2.75) is 6.10 Å². The number of hydrogen-bond donors (Lipinski definition) is 2. The Morgan fingerprint density at radius 1 is 1.64 bits per heavy atom. The fourth-order valence-electron chi connectivity index (χ4n) is 0.967. The summed E-state index contributed by atoms with van der Waals surface area (Å²) in [5.41, 5.74) is 0. The maximum atomic E-state index is 11.0. The third-order valence-electron chi connectivity index (χ3n) is 1.77. The quantitative estimate of drug-likeness (QED) is 0.469. The molecule has 2 amide bonds. The van der Waals surface area contributed by atoms with Gasteiger partial charge < -0.3 is 10.4 Å². The number of hydrogen-bond acceptors (Lipinski definition) is 3. The molecule has 1 aliphatic rings. The van der Waals surface area contributed by atoms with Gasteiger partial charge in [-0.25, -0.2) is 9.80 Å². The van der Waals surface area contributed by atoms with E-state index in [-0.39, 0.29) is 6.03 Å². The summed E-state index contributed by atoms with van der Waals surface area (Å²) in [6.07, 6.45) is -0.478. The largest absolute Gasteiger partial charge is 0.390 e. The van der Waals surface area contributed by atoms with Gasteiger partial charge in [0.05, 0.1) is 6.10 Å². The highest BCUT2D eigenvalue weighted by Gasteiger charge is 2.21. The Hall–Kier alpha value is -0.810. The van der Waals surface area contributed by atoms with Crippen molar-refractivity contribution in [3.05, 3.63) is 0 Å². The normalized spacial score (nSPS) is 28.1. The molecule has 0 spiro atoms. The van der Waals surface area contributed by atoms with E-state index in [1.807, 2.05) is 0 Å². The number of urea groups is 1. The van der Waals surface area contributed by atoms with Crippen LogP contribution in [0.25, 0.3) is 0 Å². The lowest BCUT2D eigenvalue weighted by atomic mass is 10.3. The van der Waals surface area contributed by atoms with Crippen LogP contribution >= 0.6 is 0 Å². The van der Waals surface area contributed by atoms with Gasteiger partial charge in [0.1, 0.15) is 0 Å². The van der Waals surface area contributed by atoms with Crippen LogP contribution in [0.1, 0.15) is 0 Å². The molecule has 5 nitrogen and oxygen atoms in total. The molecule has 0 radical (unpaired) electrons. The molecular weight excluding hydrogens is 146 g/mol. The van der Waals surface area contributed by atoms with Crippen LogP contribution in [0.3, 0.4) is 0 Å². The highest BCUT2D eigenvalue weighted by molar-refractivity contribution is 5.73. The first-order chi connectivity index (χ1) is 5.11. The molecule has 0 saturated carbocycles. The van der Waals surface area contributed by atoms with E-state index in [4.69, 9.17) is 0 Å². The van der Waals surface area contributed by atoms with Gasteiger partial charge in [0.15, 0.2) is 0 Å². The van der Waals surface area contributed by atoms with Crippen LogP contribution in [0, 0.1) is 0 Å². The SMILES string of the molecule is CN1CC(O)CNC(=O)N1C. The van der Waals surface area contributed by atoms with Crippen LogP contribution in [-0.4, -0.2) is 54.4 Å². The van der Waals surface area contributed by atoms with E-state index in [1.165, 1.54) is 5.01 Å². The van der Waals surface area contributed by atoms with Gasteiger partial charge in [-0.15, -0.1) is 0 Å². The maximum absolute atomic E-state index is 11.0. The predicted molar refractivity (Wildman–Crippen MR) is 39.8 cm³/mol. The highest BCUT2D eigenvalue weighted by atomic mass is 16.3. The van der Waals surface area contributed by atoms with Crippen LogP contribution in [0.15, 0.2) is 0 Å². The molecule has 0 aliphatic carbocycles. The first-order valence-corrected chi connectivity index (χ1v) is 3.52. The second kappa shape index (κ2) is 3.06. The van der Waals surface area contributed by atoms with Crippen LogP contribution < -0.4 is 5.32 Å². The maximum Gasteiger partial charge on any atom is 0.331 e. The molecule has 1 rings (SSSR count). The number of likely N-dealkylation sites (N-methyl/N-ethyl adjacent to an activating group) is 1. The van der Waals surface area contributed by atoms with Gasteiger partial charge in [0.2, 0.25) is 0 Å². The molecule has 2 N–H and O–H groups in total. The summed E-state index contributed by atoms with van der Waals surface area (Å²) in [7, 11) is 3.42. The Morgan fingerprint density at radius 2 is 2.27 bits per heavy atom. The van der Waals surface area contributed by atoms with Gasteiger partial charge in [-0.05, 0) is 0 Å². The fourth-order valence-corrected chi connectivity index (χ4v) is 0.967. The van der Waals surface area contributed by atoms with E-state index < -0.39 is 6.10 Å². The topological polar surface area (TPSA) is 55.8 Å². The van der Waals surface area contributed by atoms with E-state index in [2.05, 4.69) is 5.32 Å². The molecule has 0 aromatic heterocycles. The van der Waals surface area contributed by atoms with Crippen LogP contribution in [0.5, 0.6) is 0 Å². The summed E-state index contributed by atoms with van der Waals surface area (Å²) in [5.74, 6) is 0. The Labute approximate surface area is 65.6 Å². The monoisotopic (exact) mass is 159 g/mol. The van der Waals surface area contributed by atoms with Gasteiger partial charge in [0.25, 0.3) is 0 Å². The highest BCUT2D eigenvalue weighted by Crippen LogP contribution is 1.98. The Kier molecular flexibility index (Phi) is 2.31. The number of hydrazine groups is 1. The van der Waals surface area contributed by atoms with Crippen LogP contribution in [-0.2, 0) is 0 Å². The lowest BCUT2D eigenvalue weighted by molar-refractivity contribution is 0.0377. The first kappa shape index (κ1) is 8.29. The van der Waals surface area contributed by atoms with E-state index in [9.17, 15) is 9.90 Å². The second-order valence-corrected chi connectivity index (χ2v) is 2.70. The zero-order valence-electron chi connectivity index (χ0n) is 6.74. The molecule has 1 heterocycles. The molecule has 0 aromatic rings.